The number of unbranched alkanes of at least 4 members (excludes halogenated alkanes) is 1. The van der Waals surface area contributed by atoms with Crippen molar-refractivity contribution in [2.45, 2.75) is 76.7 Å². The van der Waals surface area contributed by atoms with Crippen LogP contribution in [0.1, 0.15) is 52.9 Å². The molecule has 8 heteroatoms. The highest BCUT2D eigenvalue weighted by Crippen LogP contribution is 2.59. The van der Waals surface area contributed by atoms with E-state index in [1.807, 2.05) is 44.2 Å². The predicted octanol–water partition coefficient (Wildman–Crippen LogP) is 3.80. The summed E-state index contributed by atoms with van der Waals surface area (Å²) in [6.45, 7) is 14.8. The normalized spacial score (nSPS) is 27.5. The number of amides is 3. The van der Waals surface area contributed by atoms with Crippen LogP contribution in [0.25, 0.3) is 0 Å². The van der Waals surface area contributed by atoms with Gasteiger partial charge in [-0.25, -0.2) is 0 Å². The fraction of sp³-hybridized carbons (Fsp3) is 0.594. The number of hydrogen-bond acceptors (Lipinski definition) is 5. The molecule has 40 heavy (non-hydrogen) atoms. The van der Waals surface area contributed by atoms with Crippen LogP contribution in [0.3, 0.4) is 0 Å². The number of carbonyl (C=O) groups excluding carboxylic acids is 3. The summed E-state index contributed by atoms with van der Waals surface area (Å²) < 4.78 is 6.66. The van der Waals surface area contributed by atoms with E-state index in [0.717, 1.165) is 18.5 Å². The number of carbonyl (C=O) groups is 3. The molecule has 3 heterocycles. The first-order valence-corrected chi connectivity index (χ1v) is 14.7. The fourth-order valence-corrected chi connectivity index (χ4v) is 7.07. The minimum absolute atomic E-state index is 0.189. The van der Waals surface area contributed by atoms with Gasteiger partial charge in [-0.3, -0.25) is 14.4 Å². The first kappa shape index (κ1) is 30.0. The summed E-state index contributed by atoms with van der Waals surface area (Å²) in [6, 6.07) is 7.92. The van der Waals surface area contributed by atoms with Gasteiger partial charge in [0.2, 0.25) is 17.7 Å². The molecule has 8 nitrogen and oxygen atoms in total. The molecule has 1 N–H and O–H groups in total. The molecule has 0 radical (unpaired) electrons. The molecule has 2 unspecified atom stereocenters. The van der Waals surface area contributed by atoms with Gasteiger partial charge in [0, 0.05) is 25.3 Å². The molecule has 2 bridgehead atoms. The van der Waals surface area contributed by atoms with Gasteiger partial charge in [0.25, 0.3) is 0 Å². The molecule has 3 aliphatic rings. The van der Waals surface area contributed by atoms with Crippen molar-refractivity contribution >= 4 is 23.4 Å². The maximum absolute atomic E-state index is 14.4. The summed E-state index contributed by atoms with van der Waals surface area (Å²) in [5, 5.41) is 10.5. The summed E-state index contributed by atoms with van der Waals surface area (Å²) in [6.07, 6.45) is 6.33. The van der Waals surface area contributed by atoms with Crippen molar-refractivity contribution in [3.63, 3.8) is 0 Å². The van der Waals surface area contributed by atoms with Crippen LogP contribution in [0.4, 0.5) is 5.69 Å². The number of nitrogens with zero attached hydrogens (tertiary/aromatic N) is 3. The average molecular weight is 552 g/mol. The zero-order valence-electron chi connectivity index (χ0n) is 24.2. The minimum atomic E-state index is -1.11. The Bertz CT molecular complexity index is 1090. The van der Waals surface area contributed by atoms with Gasteiger partial charge in [0.15, 0.2) is 0 Å². The van der Waals surface area contributed by atoms with Crippen molar-refractivity contribution in [2.24, 2.45) is 17.8 Å². The summed E-state index contributed by atoms with van der Waals surface area (Å²) >= 11 is 0. The van der Waals surface area contributed by atoms with Gasteiger partial charge in [-0.05, 0) is 43.7 Å². The maximum atomic E-state index is 14.4. The second-order valence-electron chi connectivity index (χ2n) is 11.8. The predicted molar refractivity (Wildman–Crippen MR) is 155 cm³/mol. The van der Waals surface area contributed by atoms with E-state index in [1.165, 1.54) is 0 Å². The molecule has 1 spiro atoms. The van der Waals surface area contributed by atoms with Gasteiger partial charge in [-0.1, -0.05) is 57.5 Å². The van der Waals surface area contributed by atoms with Crippen LogP contribution in [-0.2, 0) is 19.1 Å². The van der Waals surface area contributed by atoms with E-state index < -0.39 is 35.6 Å². The Morgan fingerprint density at radius 2 is 1.88 bits per heavy atom. The number of benzene rings is 1. The molecular formula is C32H45N3O5. The van der Waals surface area contributed by atoms with Crippen molar-refractivity contribution in [1.29, 1.82) is 0 Å². The SMILES string of the molecule is C=CCN(CCCC)C(=O)C1N([C@@H](CO)CC(C)C)C(=O)[C@@H]2[C@H](C(=O)N(CC=C)c3ccccc3)[C@@H]3CCC12O3. The molecule has 1 aromatic rings. The topological polar surface area (TPSA) is 90.4 Å². The Hall–Kier alpha value is -2.97. The van der Waals surface area contributed by atoms with E-state index in [-0.39, 0.29) is 30.2 Å². The number of para-hydroxylation sites is 1. The lowest BCUT2D eigenvalue weighted by Crippen LogP contribution is -2.59. The summed E-state index contributed by atoms with van der Waals surface area (Å²) in [5.74, 6) is -1.96. The van der Waals surface area contributed by atoms with Gasteiger partial charge in [-0.15, -0.1) is 13.2 Å². The molecule has 0 aliphatic carbocycles. The van der Waals surface area contributed by atoms with Gasteiger partial charge in [-0.2, -0.15) is 0 Å². The number of fused-ring (bicyclic) bond motifs is 1. The standard InChI is InChI=1S/C32H45N3O5/c1-6-9-19-33(17-7-2)31(39)28-32-16-15-25(40-32)26(27(32)30(38)35(28)24(21-36)20-22(4)5)29(37)34(18-8-3)23-13-11-10-12-14-23/h7-8,10-14,22,24-28,36H,2-3,6,9,15-21H2,1,4-5H3/t24-,25+,26-,27+,28?,32?/m1/s1. The van der Waals surface area contributed by atoms with Gasteiger partial charge in [0.1, 0.15) is 11.6 Å². The lowest BCUT2D eigenvalue weighted by atomic mass is 9.70. The minimum Gasteiger partial charge on any atom is -0.394 e. The Kier molecular flexibility index (Phi) is 9.52. The Morgan fingerprint density at radius 1 is 1.18 bits per heavy atom. The monoisotopic (exact) mass is 551 g/mol. The molecule has 3 fully saturated rings. The molecule has 6 atom stereocenters. The Balaban J connectivity index is 1.78. The highest BCUT2D eigenvalue weighted by atomic mass is 16.5. The van der Waals surface area contributed by atoms with Crippen LogP contribution in [-0.4, -0.2) is 82.7 Å². The highest BCUT2D eigenvalue weighted by Gasteiger charge is 2.75. The summed E-state index contributed by atoms with van der Waals surface area (Å²) in [5.41, 5.74) is -0.380. The molecule has 3 saturated heterocycles. The number of rotatable bonds is 14. The Labute approximate surface area is 238 Å². The van der Waals surface area contributed by atoms with Crippen LogP contribution >= 0.6 is 0 Å². The number of ether oxygens (including phenoxy) is 1. The second kappa shape index (κ2) is 12.7. The average Bonchev–Trinajstić information content (AvgIpc) is 3.59. The van der Waals surface area contributed by atoms with Crippen molar-refractivity contribution < 1.29 is 24.2 Å². The quantitative estimate of drug-likeness (QED) is 0.355. The molecule has 4 rings (SSSR count). The first-order chi connectivity index (χ1) is 19.2. The van der Waals surface area contributed by atoms with E-state index in [0.29, 0.717) is 38.9 Å². The molecule has 0 aromatic heterocycles. The van der Waals surface area contributed by atoms with Crippen LogP contribution in [0.15, 0.2) is 55.6 Å². The zero-order chi connectivity index (χ0) is 29.0. The number of anilines is 1. The number of aliphatic hydroxyl groups excluding tert-OH is 1. The largest absolute Gasteiger partial charge is 0.394 e. The third-order valence-electron chi connectivity index (χ3n) is 8.69. The zero-order valence-corrected chi connectivity index (χ0v) is 24.2. The van der Waals surface area contributed by atoms with E-state index in [4.69, 9.17) is 4.74 Å². The van der Waals surface area contributed by atoms with E-state index in [9.17, 15) is 19.5 Å². The summed E-state index contributed by atoms with van der Waals surface area (Å²) in [4.78, 5) is 48.1. The number of hydrogen-bond donors (Lipinski definition) is 1. The molecular weight excluding hydrogens is 506 g/mol. The fourth-order valence-electron chi connectivity index (χ4n) is 7.07. The molecule has 3 aliphatic heterocycles. The van der Waals surface area contributed by atoms with E-state index >= 15 is 0 Å². The first-order valence-electron chi connectivity index (χ1n) is 14.7. The maximum Gasteiger partial charge on any atom is 0.248 e. The highest BCUT2D eigenvalue weighted by molar-refractivity contribution is 6.03. The molecule has 218 valence electrons. The second-order valence-corrected chi connectivity index (χ2v) is 11.8. The smallest absolute Gasteiger partial charge is 0.248 e. The van der Waals surface area contributed by atoms with Crippen LogP contribution in [0.5, 0.6) is 0 Å². The lowest BCUT2D eigenvalue weighted by Gasteiger charge is -2.39. The van der Waals surface area contributed by atoms with Gasteiger partial charge >= 0.3 is 0 Å². The van der Waals surface area contributed by atoms with E-state index in [2.05, 4.69) is 20.1 Å². The van der Waals surface area contributed by atoms with E-state index in [1.54, 1.807) is 26.9 Å². The van der Waals surface area contributed by atoms with Crippen molar-refractivity contribution in [2.75, 3.05) is 31.1 Å². The van der Waals surface area contributed by atoms with Crippen LogP contribution in [0, 0.1) is 17.8 Å². The van der Waals surface area contributed by atoms with Crippen molar-refractivity contribution in [3.8, 4) is 0 Å². The molecule has 3 amide bonds. The molecule has 1 aromatic carbocycles. The van der Waals surface area contributed by atoms with Crippen molar-refractivity contribution in [1.82, 2.24) is 9.80 Å². The third kappa shape index (κ3) is 5.23. The third-order valence-corrected chi connectivity index (χ3v) is 8.69. The van der Waals surface area contributed by atoms with Crippen LogP contribution in [0.2, 0.25) is 0 Å². The lowest BCUT2D eigenvalue weighted by molar-refractivity contribution is -0.151. The van der Waals surface area contributed by atoms with Crippen LogP contribution < -0.4 is 4.90 Å². The van der Waals surface area contributed by atoms with Gasteiger partial charge < -0.3 is 24.5 Å². The summed E-state index contributed by atoms with van der Waals surface area (Å²) in [7, 11) is 0. The molecule has 0 saturated carbocycles. The number of likely N-dealkylation sites (tertiary alicyclic amines) is 1. The Morgan fingerprint density at radius 3 is 2.48 bits per heavy atom. The van der Waals surface area contributed by atoms with Gasteiger partial charge in [0.05, 0.1) is 30.6 Å². The van der Waals surface area contributed by atoms with Crippen molar-refractivity contribution in [3.05, 3.63) is 55.6 Å². The number of aliphatic hydroxyl groups is 1.